The quantitative estimate of drug-likeness (QED) is 0.478. The third-order valence-electron chi connectivity index (χ3n) is 3.96. The lowest BCUT2D eigenvalue weighted by Gasteiger charge is -2.26. The second kappa shape index (κ2) is 8.94. The highest BCUT2D eigenvalue weighted by Crippen LogP contribution is 2.35. The molecule has 0 aliphatic rings. The Kier molecular flexibility index (Phi) is 7.59. The summed E-state index contributed by atoms with van der Waals surface area (Å²) in [7, 11) is -0.145. The Balaban J connectivity index is 3.00. The summed E-state index contributed by atoms with van der Waals surface area (Å²) >= 11 is 0. The molecule has 0 radical (unpaired) electrons. The van der Waals surface area contributed by atoms with Crippen molar-refractivity contribution in [2.24, 2.45) is 5.92 Å². The summed E-state index contributed by atoms with van der Waals surface area (Å²) in [6, 6.07) is 6.73. The van der Waals surface area contributed by atoms with Crippen molar-refractivity contribution in [3.63, 3.8) is 0 Å². The van der Waals surface area contributed by atoms with Crippen LogP contribution < -0.4 is 9.16 Å². The molecule has 3 nitrogen and oxygen atoms in total. The van der Waals surface area contributed by atoms with Crippen molar-refractivity contribution in [2.45, 2.75) is 45.0 Å². The van der Waals surface area contributed by atoms with E-state index in [4.69, 9.17) is 9.16 Å². The number of aliphatic hydroxyl groups is 1. The Morgan fingerprint density at radius 3 is 2.39 bits per heavy atom. The monoisotopic (exact) mass is 334 g/mol. The Morgan fingerprint density at radius 2 is 1.87 bits per heavy atom. The molecule has 0 spiro atoms. The summed E-state index contributed by atoms with van der Waals surface area (Å²) in [5.74, 6) is 1.22. The van der Waals surface area contributed by atoms with Gasteiger partial charge in [-0.05, 0) is 36.8 Å². The zero-order valence-electron chi connectivity index (χ0n) is 14.8. The lowest BCUT2D eigenvalue weighted by molar-refractivity contribution is 0.151. The third kappa shape index (κ3) is 5.55. The van der Waals surface area contributed by atoms with Gasteiger partial charge in [-0.3, -0.25) is 0 Å². The Bertz CT molecular complexity index is 517. The highest BCUT2D eigenvalue weighted by Gasteiger charge is 2.25. The van der Waals surface area contributed by atoms with Gasteiger partial charge < -0.3 is 14.3 Å². The van der Waals surface area contributed by atoms with Crippen molar-refractivity contribution in [3.05, 3.63) is 49.1 Å². The van der Waals surface area contributed by atoms with E-state index < -0.39 is 14.4 Å². The van der Waals surface area contributed by atoms with Crippen LogP contribution in [0.5, 0.6) is 11.5 Å². The zero-order valence-corrected chi connectivity index (χ0v) is 15.8. The van der Waals surface area contributed by atoms with Crippen LogP contribution in [-0.4, -0.2) is 20.5 Å². The van der Waals surface area contributed by atoms with Crippen LogP contribution in [0.4, 0.5) is 0 Å². The summed E-state index contributed by atoms with van der Waals surface area (Å²) in [6.45, 7) is 14.1. The van der Waals surface area contributed by atoms with Gasteiger partial charge in [0.05, 0.1) is 13.2 Å². The molecule has 0 bridgehead atoms. The Morgan fingerprint density at radius 1 is 1.22 bits per heavy atom. The first-order chi connectivity index (χ1) is 10.9. The third-order valence-corrected chi connectivity index (χ3v) is 6.29. The zero-order chi connectivity index (χ0) is 17.5. The molecule has 4 heteroatoms. The van der Waals surface area contributed by atoms with E-state index in [0.29, 0.717) is 5.75 Å². The summed E-state index contributed by atoms with van der Waals surface area (Å²) in [5, 5.41) is 10.4. The maximum absolute atomic E-state index is 10.4. The molecule has 23 heavy (non-hydrogen) atoms. The van der Waals surface area contributed by atoms with E-state index >= 15 is 0 Å². The van der Waals surface area contributed by atoms with Crippen LogP contribution in [0.1, 0.15) is 31.4 Å². The predicted octanol–water partition coefficient (Wildman–Crippen LogP) is 5.10. The van der Waals surface area contributed by atoms with Gasteiger partial charge in [0.15, 0.2) is 5.75 Å². The highest BCUT2D eigenvalue weighted by molar-refractivity contribution is 6.71. The lowest BCUT2D eigenvalue weighted by Crippen LogP contribution is -2.34. The van der Waals surface area contributed by atoms with Gasteiger partial charge >= 0.3 is 0 Å². The van der Waals surface area contributed by atoms with E-state index in [9.17, 15) is 5.11 Å². The molecule has 1 unspecified atom stereocenters. The highest BCUT2D eigenvalue weighted by atomic mass is 28.4. The van der Waals surface area contributed by atoms with Gasteiger partial charge in [0.2, 0.25) is 8.32 Å². The SMILES string of the molecule is C=CC(C=C)C(O)c1ccc(O[Si](C)(C)CCCC)c(OC)c1. The van der Waals surface area contributed by atoms with Crippen molar-refractivity contribution < 1.29 is 14.3 Å². The maximum Gasteiger partial charge on any atom is 0.245 e. The summed E-state index contributed by atoms with van der Waals surface area (Å²) in [5.41, 5.74) is 0.770. The van der Waals surface area contributed by atoms with E-state index in [2.05, 4.69) is 33.2 Å². The molecule has 1 aromatic rings. The molecular weight excluding hydrogens is 304 g/mol. The predicted molar refractivity (Wildman–Crippen MR) is 99.7 cm³/mol. The summed E-state index contributed by atoms with van der Waals surface area (Å²) in [4.78, 5) is 0. The minimum absolute atomic E-state index is 0.193. The van der Waals surface area contributed by atoms with E-state index in [0.717, 1.165) is 17.4 Å². The second-order valence-corrected chi connectivity index (χ2v) is 10.6. The van der Waals surface area contributed by atoms with E-state index in [1.807, 2.05) is 18.2 Å². The molecule has 1 rings (SSSR count). The molecule has 1 N–H and O–H groups in total. The number of benzene rings is 1. The van der Waals surface area contributed by atoms with Gasteiger partial charge in [0.1, 0.15) is 5.75 Å². The summed E-state index contributed by atoms with van der Waals surface area (Å²) < 4.78 is 11.7. The van der Waals surface area contributed by atoms with Crippen molar-refractivity contribution >= 4 is 8.32 Å². The molecule has 0 fully saturated rings. The van der Waals surface area contributed by atoms with Crippen LogP contribution >= 0.6 is 0 Å². The molecule has 0 aliphatic heterocycles. The van der Waals surface area contributed by atoms with Crippen LogP contribution in [0.25, 0.3) is 0 Å². The normalized spacial score (nSPS) is 12.8. The summed E-state index contributed by atoms with van der Waals surface area (Å²) in [6.07, 6.45) is 5.05. The average Bonchev–Trinajstić information content (AvgIpc) is 2.54. The van der Waals surface area contributed by atoms with Crippen LogP contribution in [0.2, 0.25) is 19.1 Å². The molecule has 0 amide bonds. The van der Waals surface area contributed by atoms with Crippen molar-refractivity contribution in [1.29, 1.82) is 0 Å². The van der Waals surface area contributed by atoms with Gasteiger partial charge in [-0.15, -0.1) is 13.2 Å². The number of ether oxygens (including phenoxy) is 1. The van der Waals surface area contributed by atoms with Crippen molar-refractivity contribution in [2.75, 3.05) is 7.11 Å². The minimum Gasteiger partial charge on any atom is -0.542 e. The Hall–Kier alpha value is -1.52. The van der Waals surface area contributed by atoms with E-state index in [1.165, 1.54) is 12.8 Å². The number of hydrogen-bond donors (Lipinski definition) is 1. The molecular formula is C19H30O3Si. The van der Waals surface area contributed by atoms with E-state index in [1.54, 1.807) is 19.3 Å². The smallest absolute Gasteiger partial charge is 0.245 e. The van der Waals surface area contributed by atoms with Crippen LogP contribution in [-0.2, 0) is 0 Å². The fourth-order valence-corrected chi connectivity index (χ4v) is 4.55. The number of hydrogen-bond acceptors (Lipinski definition) is 3. The molecule has 0 saturated carbocycles. The maximum atomic E-state index is 10.4. The van der Waals surface area contributed by atoms with Gasteiger partial charge in [0.25, 0.3) is 0 Å². The minimum atomic E-state index is -1.77. The molecule has 1 atom stereocenters. The Labute approximate surface area is 141 Å². The largest absolute Gasteiger partial charge is 0.542 e. The first kappa shape index (κ1) is 19.5. The molecule has 0 heterocycles. The van der Waals surface area contributed by atoms with Gasteiger partial charge in [-0.25, -0.2) is 0 Å². The number of unbranched alkanes of at least 4 members (excludes halogenated alkanes) is 1. The molecule has 0 saturated heterocycles. The average molecular weight is 335 g/mol. The molecule has 0 aromatic heterocycles. The van der Waals surface area contributed by atoms with Crippen molar-refractivity contribution in [3.8, 4) is 11.5 Å². The van der Waals surface area contributed by atoms with Crippen LogP contribution in [0.3, 0.4) is 0 Å². The van der Waals surface area contributed by atoms with Gasteiger partial charge in [-0.1, -0.05) is 38.0 Å². The van der Waals surface area contributed by atoms with Gasteiger partial charge in [0, 0.05) is 5.92 Å². The standard InChI is InChI=1S/C19H30O3Si/c1-7-10-13-23(5,6)22-17-12-11-16(14-18(17)21-4)19(20)15(8-2)9-3/h8-9,11-12,14-15,19-20H,2-3,7,10,13H2,1,4-6H3. The fourth-order valence-electron chi connectivity index (χ4n) is 2.48. The van der Waals surface area contributed by atoms with Crippen LogP contribution in [0.15, 0.2) is 43.5 Å². The first-order valence-corrected chi connectivity index (χ1v) is 11.3. The molecule has 128 valence electrons. The number of rotatable bonds is 10. The van der Waals surface area contributed by atoms with Crippen LogP contribution in [0, 0.1) is 5.92 Å². The van der Waals surface area contributed by atoms with Gasteiger partial charge in [-0.2, -0.15) is 0 Å². The topological polar surface area (TPSA) is 38.7 Å². The molecule has 0 aliphatic carbocycles. The fraction of sp³-hybridized carbons (Fsp3) is 0.474. The lowest BCUT2D eigenvalue weighted by atomic mass is 9.95. The molecule has 1 aromatic carbocycles. The van der Waals surface area contributed by atoms with Crippen molar-refractivity contribution in [1.82, 2.24) is 0 Å². The number of methoxy groups -OCH3 is 1. The number of aliphatic hydroxyl groups excluding tert-OH is 1. The van der Waals surface area contributed by atoms with E-state index in [-0.39, 0.29) is 5.92 Å². The second-order valence-electron chi connectivity index (χ2n) is 6.37. The first-order valence-electron chi connectivity index (χ1n) is 8.18.